The molecule has 1 heteroatoms. The van der Waals surface area contributed by atoms with Crippen molar-refractivity contribution in [2.45, 2.75) is 40.0 Å². The van der Waals surface area contributed by atoms with Gasteiger partial charge >= 0.3 is 0 Å². The van der Waals surface area contributed by atoms with Gasteiger partial charge in [-0.15, -0.1) is 0 Å². The first-order chi connectivity index (χ1) is 5.07. The van der Waals surface area contributed by atoms with Crippen molar-refractivity contribution in [3.8, 4) is 0 Å². The minimum absolute atomic E-state index is 0.282. The maximum atomic E-state index is 10.7. The summed E-state index contributed by atoms with van der Waals surface area (Å²) in [6.07, 6.45) is 2.77. The Hall–Kier alpha value is -0.590. The van der Waals surface area contributed by atoms with Gasteiger partial charge in [0.25, 0.3) is 0 Å². The fourth-order valence-electron chi connectivity index (χ4n) is 1.18. The van der Waals surface area contributed by atoms with Crippen LogP contribution in [0.15, 0.2) is 12.2 Å². The minimum atomic E-state index is 0.282. The van der Waals surface area contributed by atoms with Gasteiger partial charge in [-0.1, -0.05) is 19.1 Å². The summed E-state index contributed by atoms with van der Waals surface area (Å²) in [4.78, 5) is 10.7. The van der Waals surface area contributed by atoms with Gasteiger partial charge in [-0.2, -0.15) is 0 Å². The average molecular weight is 154 g/mol. The third kappa shape index (κ3) is 4.77. The van der Waals surface area contributed by atoms with Crippen LogP contribution in [0.25, 0.3) is 0 Å². The minimum Gasteiger partial charge on any atom is -0.300 e. The standard InChI is InChI=1S/C10H18O/c1-5-10(8(2)3)7-6-9(4)11/h10H,2,5-7H2,1,3-4H3/t10-/m1/s1. The lowest BCUT2D eigenvalue weighted by Gasteiger charge is -2.12. The fourth-order valence-corrected chi connectivity index (χ4v) is 1.18. The van der Waals surface area contributed by atoms with E-state index in [2.05, 4.69) is 13.5 Å². The lowest BCUT2D eigenvalue weighted by molar-refractivity contribution is -0.117. The quantitative estimate of drug-likeness (QED) is 0.556. The van der Waals surface area contributed by atoms with Crippen LogP contribution in [-0.4, -0.2) is 5.78 Å². The molecule has 0 unspecified atom stereocenters. The maximum absolute atomic E-state index is 10.7. The summed E-state index contributed by atoms with van der Waals surface area (Å²) in [5.74, 6) is 0.823. The number of hydrogen-bond acceptors (Lipinski definition) is 1. The van der Waals surface area contributed by atoms with Gasteiger partial charge in [0, 0.05) is 6.42 Å². The molecule has 0 saturated carbocycles. The van der Waals surface area contributed by atoms with Crippen molar-refractivity contribution in [3.63, 3.8) is 0 Å². The van der Waals surface area contributed by atoms with Crippen LogP contribution in [-0.2, 0) is 4.79 Å². The Kier molecular flexibility index (Phi) is 4.84. The van der Waals surface area contributed by atoms with Crippen LogP contribution in [0.4, 0.5) is 0 Å². The molecule has 0 aliphatic carbocycles. The fraction of sp³-hybridized carbons (Fsp3) is 0.700. The van der Waals surface area contributed by atoms with E-state index in [1.165, 1.54) is 5.57 Å². The molecule has 1 atom stereocenters. The number of carbonyl (C=O) groups excluding carboxylic acids is 1. The molecule has 64 valence electrons. The van der Waals surface area contributed by atoms with E-state index in [0.717, 1.165) is 12.8 Å². The van der Waals surface area contributed by atoms with Gasteiger partial charge in [0.1, 0.15) is 5.78 Å². The summed E-state index contributed by atoms with van der Waals surface area (Å²) in [6, 6.07) is 0. The molecule has 0 spiro atoms. The van der Waals surface area contributed by atoms with E-state index in [9.17, 15) is 4.79 Å². The largest absolute Gasteiger partial charge is 0.300 e. The number of Topliss-reactive ketones (excluding diaryl/α,β-unsaturated/α-hetero) is 1. The highest BCUT2D eigenvalue weighted by atomic mass is 16.1. The van der Waals surface area contributed by atoms with Gasteiger partial charge in [0.05, 0.1) is 0 Å². The number of hydrogen-bond donors (Lipinski definition) is 0. The highest BCUT2D eigenvalue weighted by molar-refractivity contribution is 5.75. The molecule has 0 radical (unpaired) electrons. The zero-order valence-electron chi connectivity index (χ0n) is 7.81. The molecule has 0 aromatic heterocycles. The van der Waals surface area contributed by atoms with E-state index in [-0.39, 0.29) is 5.78 Å². The number of allylic oxidation sites excluding steroid dienone is 1. The second kappa shape index (κ2) is 5.11. The molecular weight excluding hydrogens is 136 g/mol. The van der Waals surface area contributed by atoms with E-state index >= 15 is 0 Å². The molecule has 0 rings (SSSR count). The van der Waals surface area contributed by atoms with Crippen LogP contribution in [0.5, 0.6) is 0 Å². The Morgan fingerprint density at radius 1 is 1.45 bits per heavy atom. The lowest BCUT2D eigenvalue weighted by Crippen LogP contribution is -2.02. The Bertz CT molecular complexity index is 147. The summed E-state index contributed by atoms with van der Waals surface area (Å²) in [6.45, 7) is 9.71. The Morgan fingerprint density at radius 3 is 2.27 bits per heavy atom. The third-order valence-corrected chi connectivity index (χ3v) is 2.03. The SMILES string of the molecule is C=C(C)[C@H](CC)CCC(C)=O. The third-order valence-electron chi connectivity index (χ3n) is 2.03. The van der Waals surface area contributed by atoms with Crippen molar-refractivity contribution in [1.82, 2.24) is 0 Å². The van der Waals surface area contributed by atoms with Crippen molar-refractivity contribution >= 4 is 5.78 Å². The highest BCUT2D eigenvalue weighted by Gasteiger charge is 2.07. The number of rotatable bonds is 5. The van der Waals surface area contributed by atoms with Gasteiger partial charge < -0.3 is 4.79 Å². The van der Waals surface area contributed by atoms with Crippen LogP contribution in [0.3, 0.4) is 0 Å². The van der Waals surface area contributed by atoms with Crippen LogP contribution in [0, 0.1) is 5.92 Å². The molecule has 0 aliphatic rings. The zero-order chi connectivity index (χ0) is 8.85. The van der Waals surface area contributed by atoms with Crippen LogP contribution in [0.2, 0.25) is 0 Å². The first kappa shape index (κ1) is 10.4. The number of ketones is 1. The van der Waals surface area contributed by atoms with E-state index in [1.807, 2.05) is 6.92 Å². The smallest absolute Gasteiger partial charge is 0.129 e. The molecule has 0 aromatic rings. The van der Waals surface area contributed by atoms with Crippen molar-refractivity contribution in [3.05, 3.63) is 12.2 Å². The Morgan fingerprint density at radius 2 is 2.00 bits per heavy atom. The van der Waals surface area contributed by atoms with Crippen molar-refractivity contribution in [1.29, 1.82) is 0 Å². The van der Waals surface area contributed by atoms with Crippen LogP contribution < -0.4 is 0 Å². The van der Waals surface area contributed by atoms with E-state index < -0.39 is 0 Å². The van der Waals surface area contributed by atoms with Crippen molar-refractivity contribution in [2.24, 2.45) is 5.92 Å². The van der Waals surface area contributed by atoms with E-state index in [1.54, 1.807) is 6.92 Å². The summed E-state index contributed by atoms with van der Waals surface area (Å²) in [5.41, 5.74) is 1.20. The lowest BCUT2D eigenvalue weighted by atomic mass is 9.93. The van der Waals surface area contributed by atoms with Gasteiger partial charge in [0.15, 0.2) is 0 Å². The molecule has 0 N–H and O–H groups in total. The maximum Gasteiger partial charge on any atom is 0.129 e. The monoisotopic (exact) mass is 154 g/mol. The zero-order valence-corrected chi connectivity index (χ0v) is 7.81. The Labute approximate surface area is 69.5 Å². The molecule has 0 heterocycles. The normalized spacial score (nSPS) is 12.6. The predicted octanol–water partition coefficient (Wildman–Crippen LogP) is 2.96. The molecule has 0 aliphatic heterocycles. The van der Waals surface area contributed by atoms with Gasteiger partial charge in [-0.3, -0.25) is 0 Å². The second-order valence-corrected chi connectivity index (χ2v) is 3.19. The predicted molar refractivity (Wildman–Crippen MR) is 48.5 cm³/mol. The van der Waals surface area contributed by atoms with E-state index in [4.69, 9.17) is 0 Å². The first-order valence-electron chi connectivity index (χ1n) is 4.22. The van der Waals surface area contributed by atoms with Crippen LogP contribution >= 0.6 is 0 Å². The molecule has 0 fully saturated rings. The molecule has 11 heavy (non-hydrogen) atoms. The summed E-state index contributed by atoms with van der Waals surface area (Å²) in [5, 5.41) is 0. The summed E-state index contributed by atoms with van der Waals surface area (Å²) < 4.78 is 0. The topological polar surface area (TPSA) is 17.1 Å². The van der Waals surface area contributed by atoms with E-state index in [0.29, 0.717) is 12.3 Å². The summed E-state index contributed by atoms with van der Waals surface area (Å²) in [7, 11) is 0. The molecule has 1 nitrogen and oxygen atoms in total. The second-order valence-electron chi connectivity index (χ2n) is 3.19. The molecule has 0 saturated heterocycles. The molecular formula is C10H18O. The highest BCUT2D eigenvalue weighted by Crippen LogP contribution is 2.18. The average Bonchev–Trinajstić information content (AvgIpc) is 1.87. The van der Waals surface area contributed by atoms with Gasteiger partial charge in [0.2, 0.25) is 0 Å². The van der Waals surface area contributed by atoms with Crippen molar-refractivity contribution in [2.75, 3.05) is 0 Å². The molecule has 0 aromatic carbocycles. The first-order valence-corrected chi connectivity index (χ1v) is 4.22. The van der Waals surface area contributed by atoms with Crippen LogP contribution in [0.1, 0.15) is 40.0 Å². The van der Waals surface area contributed by atoms with Gasteiger partial charge in [-0.05, 0) is 32.6 Å². The Balaban J connectivity index is 3.70. The molecule has 0 bridgehead atoms. The van der Waals surface area contributed by atoms with Crippen molar-refractivity contribution < 1.29 is 4.79 Å². The molecule has 0 amide bonds. The van der Waals surface area contributed by atoms with Gasteiger partial charge in [-0.25, -0.2) is 0 Å². The number of carbonyl (C=O) groups is 1. The summed E-state index contributed by atoms with van der Waals surface area (Å²) >= 11 is 0.